The van der Waals surface area contributed by atoms with Gasteiger partial charge in [-0.1, -0.05) is 12.1 Å². The minimum absolute atomic E-state index is 0.0655. The highest BCUT2D eigenvalue weighted by Gasteiger charge is 2.05. The lowest BCUT2D eigenvalue weighted by atomic mass is 10.2. The predicted molar refractivity (Wildman–Crippen MR) is 65.9 cm³/mol. The Morgan fingerprint density at radius 2 is 2.35 bits per heavy atom. The van der Waals surface area contributed by atoms with Crippen molar-refractivity contribution in [3.63, 3.8) is 0 Å². The normalized spacial score (nSPS) is 10.2. The minimum Gasteiger partial charge on any atom is -0.325 e. The number of benzene rings is 1. The van der Waals surface area contributed by atoms with Gasteiger partial charge in [-0.05, 0) is 19.1 Å². The predicted octanol–water partition coefficient (Wildman–Crippen LogP) is 1.96. The number of H-pyrrole nitrogens is 1. The molecule has 0 aliphatic carbocycles. The van der Waals surface area contributed by atoms with Crippen LogP contribution in [0.1, 0.15) is 5.82 Å². The fourth-order valence-electron chi connectivity index (χ4n) is 1.40. The summed E-state index contributed by atoms with van der Waals surface area (Å²) in [6, 6.07) is 7.28. The molecule has 1 amide bonds. The van der Waals surface area contributed by atoms with Gasteiger partial charge in [0.05, 0.1) is 0 Å². The first-order valence-corrected chi connectivity index (χ1v) is 5.58. The molecule has 2 rings (SSSR count). The van der Waals surface area contributed by atoms with Gasteiger partial charge in [0, 0.05) is 11.3 Å². The molecule has 1 aromatic heterocycles. The SMILES string of the molecule is Cc1nc(-c2cccc(NC(=O)CCl)c2)n[nH]1. The number of aromatic amines is 1. The van der Waals surface area contributed by atoms with E-state index >= 15 is 0 Å². The summed E-state index contributed by atoms with van der Waals surface area (Å²) in [5.74, 6) is 1.04. The molecular weight excluding hydrogens is 240 g/mol. The second-order valence-corrected chi connectivity index (χ2v) is 3.77. The first kappa shape index (κ1) is 11.6. The van der Waals surface area contributed by atoms with Crippen LogP contribution in [0.2, 0.25) is 0 Å². The van der Waals surface area contributed by atoms with Crippen molar-refractivity contribution in [1.82, 2.24) is 15.2 Å². The van der Waals surface area contributed by atoms with E-state index in [0.717, 1.165) is 11.4 Å². The highest BCUT2D eigenvalue weighted by Crippen LogP contribution is 2.19. The number of carbonyl (C=O) groups is 1. The molecule has 1 aromatic carbocycles. The molecule has 0 saturated heterocycles. The maximum Gasteiger partial charge on any atom is 0.239 e. The molecule has 0 aliphatic rings. The quantitative estimate of drug-likeness (QED) is 0.818. The second kappa shape index (κ2) is 4.97. The highest BCUT2D eigenvalue weighted by atomic mass is 35.5. The van der Waals surface area contributed by atoms with E-state index < -0.39 is 0 Å². The Balaban J connectivity index is 2.25. The molecule has 0 fully saturated rings. The van der Waals surface area contributed by atoms with Crippen LogP contribution in [-0.2, 0) is 4.79 Å². The highest BCUT2D eigenvalue weighted by molar-refractivity contribution is 6.29. The summed E-state index contributed by atoms with van der Waals surface area (Å²) in [4.78, 5) is 15.4. The maximum atomic E-state index is 11.2. The van der Waals surface area contributed by atoms with Crippen LogP contribution in [0.3, 0.4) is 0 Å². The smallest absolute Gasteiger partial charge is 0.239 e. The van der Waals surface area contributed by atoms with Crippen molar-refractivity contribution >= 4 is 23.2 Å². The van der Waals surface area contributed by atoms with Gasteiger partial charge in [-0.3, -0.25) is 9.89 Å². The monoisotopic (exact) mass is 250 g/mol. The average molecular weight is 251 g/mol. The third kappa shape index (κ3) is 2.82. The Labute approximate surface area is 103 Å². The van der Waals surface area contributed by atoms with E-state index in [-0.39, 0.29) is 11.8 Å². The van der Waals surface area contributed by atoms with Crippen LogP contribution in [0.5, 0.6) is 0 Å². The fraction of sp³-hybridized carbons (Fsp3) is 0.182. The molecule has 2 aromatic rings. The molecule has 0 aliphatic heterocycles. The van der Waals surface area contributed by atoms with Crippen molar-refractivity contribution in [2.45, 2.75) is 6.92 Å². The Kier molecular flexibility index (Phi) is 3.39. The third-order valence-electron chi connectivity index (χ3n) is 2.12. The van der Waals surface area contributed by atoms with Gasteiger partial charge in [0.15, 0.2) is 5.82 Å². The standard InChI is InChI=1S/C11H11ClN4O/c1-7-13-11(16-15-7)8-3-2-4-9(5-8)14-10(17)6-12/h2-5H,6H2,1H3,(H,14,17)(H,13,15,16). The number of nitrogens with one attached hydrogen (secondary N) is 2. The summed E-state index contributed by atoms with van der Waals surface area (Å²) in [7, 11) is 0. The summed E-state index contributed by atoms with van der Waals surface area (Å²) in [5.41, 5.74) is 1.51. The molecule has 0 saturated carbocycles. The lowest BCUT2D eigenvalue weighted by molar-refractivity contribution is -0.113. The molecular formula is C11H11ClN4O. The Morgan fingerprint density at radius 3 is 3.00 bits per heavy atom. The largest absolute Gasteiger partial charge is 0.325 e. The van der Waals surface area contributed by atoms with Gasteiger partial charge < -0.3 is 5.32 Å². The number of nitrogens with zero attached hydrogens (tertiary/aromatic N) is 2. The number of aryl methyl sites for hydroxylation is 1. The molecule has 0 bridgehead atoms. The number of aromatic nitrogens is 3. The molecule has 0 radical (unpaired) electrons. The Morgan fingerprint density at radius 1 is 1.53 bits per heavy atom. The number of halogens is 1. The summed E-state index contributed by atoms with van der Waals surface area (Å²) in [5, 5.41) is 9.49. The van der Waals surface area contributed by atoms with Crippen molar-refractivity contribution in [2.75, 3.05) is 11.2 Å². The third-order valence-corrected chi connectivity index (χ3v) is 2.37. The Bertz CT molecular complexity index is 538. The van der Waals surface area contributed by atoms with Gasteiger partial charge in [0.25, 0.3) is 0 Å². The van der Waals surface area contributed by atoms with Crippen molar-refractivity contribution in [3.8, 4) is 11.4 Å². The molecule has 0 atom stereocenters. The van der Waals surface area contributed by atoms with Gasteiger partial charge in [0.2, 0.25) is 5.91 Å². The molecule has 5 nitrogen and oxygen atoms in total. The number of alkyl halides is 1. The van der Waals surface area contributed by atoms with E-state index in [1.54, 1.807) is 12.1 Å². The van der Waals surface area contributed by atoms with Gasteiger partial charge in [-0.15, -0.1) is 11.6 Å². The zero-order valence-electron chi connectivity index (χ0n) is 9.20. The van der Waals surface area contributed by atoms with Crippen molar-refractivity contribution in [1.29, 1.82) is 0 Å². The van der Waals surface area contributed by atoms with Gasteiger partial charge >= 0.3 is 0 Å². The first-order valence-electron chi connectivity index (χ1n) is 5.04. The zero-order chi connectivity index (χ0) is 12.3. The minimum atomic E-state index is -0.241. The summed E-state index contributed by atoms with van der Waals surface area (Å²) < 4.78 is 0. The van der Waals surface area contributed by atoms with Crippen LogP contribution >= 0.6 is 11.6 Å². The number of anilines is 1. The molecule has 17 heavy (non-hydrogen) atoms. The van der Waals surface area contributed by atoms with E-state index in [0.29, 0.717) is 11.5 Å². The number of hydrogen-bond donors (Lipinski definition) is 2. The lowest BCUT2D eigenvalue weighted by Gasteiger charge is -2.03. The van der Waals surface area contributed by atoms with Crippen LogP contribution in [-0.4, -0.2) is 27.0 Å². The van der Waals surface area contributed by atoms with Gasteiger partial charge in [-0.2, -0.15) is 5.10 Å². The lowest BCUT2D eigenvalue weighted by Crippen LogP contribution is -2.12. The average Bonchev–Trinajstić information content (AvgIpc) is 2.76. The van der Waals surface area contributed by atoms with Crippen LogP contribution in [0.25, 0.3) is 11.4 Å². The van der Waals surface area contributed by atoms with Crippen molar-refractivity contribution < 1.29 is 4.79 Å². The first-order chi connectivity index (χ1) is 8.19. The molecule has 0 spiro atoms. The number of amides is 1. The van der Waals surface area contributed by atoms with Gasteiger partial charge in [-0.25, -0.2) is 4.98 Å². The van der Waals surface area contributed by atoms with Crippen molar-refractivity contribution in [2.24, 2.45) is 0 Å². The molecule has 6 heteroatoms. The zero-order valence-corrected chi connectivity index (χ0v) is 9.95. The van der Waals surface area contributed by atoms with E-state index in [9.17, 15) is 4.79 Å². The second-order valence-electron chi connectivity index (χ2n) is 3.51. The molecule has 0 unspecified atom stereocenters. The van der Waals surface area contributed by atoms with E-state index in [1.807, 2.05) is 19.1 Å². The Hall–Kier alpha value is -1.88. The number of carbonyl (C=O) groups excluding carboxylic acids is 1. The number of rotatable bonds is 3. The van der Waals surface area contributed by atoms with Crippen LogP contribution < -0.4 is 5.32 Å². The van der Waals surface area contributed by atoms with E-state index in [4.69, 9.17) is 11.6 Å². The number of hydrogen-bond acceptors (Lipinski definition) is 3. The summed E-state index contributed by atoms with van der Waals surface area (Å²) in [6.07, 6.45) is 0. The topological polar surface area (TPSA) is 70.7 Å². The van der Waals surface area contributed by atoms with Crippen LogP contribution in [0.15, 0.2) is 24.3 Å². The maximum absolute atomic E-state index is 11.2. The van der Waals surface area contributed by atoms with E-state index in [2.05, 4.69) is 20.5 Å². The van der Waals surface area contributed by atoms with Crippen molar-refractivity contribution in [3.05, 3.63) is 30.1 Å². The molecule has 88 valence electrons. The molecule has 1 heterocycles. The van der Waals surface area contributed by atoms with Crippen LogP contribution in [0.4, 0.5) is 5.69 Å². The summed E-state index contributed by atoms with van der Waals surface area (Å²) in [6.45, 7) is 1.83. The van der Waals surface area contributed by atoms with Crippen LogP contribution in [0, 0.1) is 6.92 Å². The fourth-order valence-corrected chi connectivity index (χ4v) is 1.47. The summed E-state index contributed by atoms with van der Waals surface area (Å²) >= 11 is 5.42. The van der Waals surface area contributed by atoms with E-state index in [1.165, 1.54) is 0 Å². The molecule has 2 N–H and O–H groups in total. The van der Waals surface area contributed by atoms with Gasteiger partial charge in [0.1, 0.15) is 11.7 Å².